The van der Waals surface area contributed by atoms with Crippen molar-refractivity contribution in [1.29, 1.82) is 0 Å². The number of nitrogens with zero attached hydrogens (tertiary/aromatic N) is 3. The van der Waals surface area contributed by atoms with Crippen molar-refractivity contribution >= 4 is 28.5 Å². The maximum Gasteiger partial charge on any atom is 0.260 e. The van der Waals surface area contributed by atoms with E-state index >= 15 is 0 Å². The van der Waals surface area contributed by atoms with Gasteiger partial charge in [-0.25, -0.2) is 9.97 Å². The largest absolute Gasteiger partial charge is 0.497 e. The molecule has 152 valence electrons. The fourth-order valence-corrected chi connectivity index (χ4v) is 3.72. The fraction of sp³-hybridized carbons (Fsp3) is 0.381. The van der Waals surface area contributed by atoms with E-state index in [1.165, 1.54) is 12.7 Å². The Morgan fingerprint density at radius 1 is 1.07 bits per heavy atom. The van der Waals surface area contributed by atoms with Crippen LogP contribution < -0.4 is 19.7 Å². The molecular formula is C21H24N4O4. The number of methoxy groups -OCH3 is 2. The number of rotatable bonds is 5. The number of ether oxygens (including phenoxy) is 2. The Balaban J connectivity index is 1.73. The van der Waals surface area contributed by atoms with Crippen LogP contribution in [0, 0.1) is 6.92 Å². The molecule has 0 unspecified atom stereocenters. The van der Waals surface area contributed by atoms with E-state index in [0.717, 1.165) is 31.7 Å². The second-order valence-electron chi connectivity index (χ2n) is 7.01. The van der Waals surface area contributed by atoms with Gasteiger partial charge in [-0.2, -0.15) is 0 Å². The Kier molecular flexibility index (Phi) is 5.24. The molecule has 1 aromatic carbocycles. The summed E-state index contributed by atoms with van der Waals surface area (Å²) in [5, 5.41) is 3.58. The Bertz CT molecular complexity index is 1020. The summed E-state index contributed by atoms with van der Waals surface area (Å²) in [6, 6.07) is 5.22. The monoisotopic (exact) mass is 396 g/mol. The lowest BCUT2D eigenvalue weighted by Gasteiger charge is -2.28. The molecule has 1 N–H and O–H groups in total. The van der Waals surface area contributed by atoms with E-state index in [9.17, 15) is 4.79 Å². The van der Waals surface area contributed by atoms with Gasteiger partial charge in [0, 0.05) is 37.0 Å². The minimum atomic E-state index is -0.287. The molecule has 1 saturated heterocycles. The van der Waals surface area contributed by atoms with Gasteiger partial charge in [0.1, 0.15) is 29.4 Å². The maximum atomic E-state index is 13.2. The number of hydrogen-bond donors (Lipinski definition) is 1. The van der Waals surface area contributed by atoms with Crippen LogP contribution in [-0.4, -0.2) is 43.2 Å². The number of piperidine rings is 1. The van der Waals surface area contributed by atoms with Crippen LogP contribution in [0.5, 0.6) is 11.5 Å². The van der Waals surface area contributed by atoms with Crippen molar-refractivity contribution in [3.63, 3.8) is 0 Å². The standard InChI is InChI=1S/C21H24N4O4/c1-13-17(20(26)24-14-9-15(27-2)11-16(10-14)28-3)18-19(22-12-23-21(18)29-13)25-7-5-4-6-8-25/h9-12H,4-8H2,1-3H3,(H,24,26). The molecule has 8 heteroatoms. The summed E-state index contributed by atoms with van der Waals surface area (Å²) in [5.74, 6) is 2.15. The van der Waals surface area contributed by atoms with E-state index in [-0.39, 0.29) is 5.91 Å². The van der Waals surface area contributed by atoms with E-state index < -0.39 is 0 Å². The van der Waals surface area contributed by atoms with Crippen LogP contribution in [0.2, 0.25) is 0 Å². The zero-order valence-electron chi connectivity index (χ0n) is 16.8. The Morgan fingerprint density at radius 3 is 2.41 bits per heavy atom. The summed E-state index contributed by atoms with van der Waals surface area (Å²) < 4.78 is 16.4. The zero-order chi connectivity index (χ0) is 20.4. The molecule has 1 aliphatic heterocycles. The number of furan rings is 1. The van der Waals surface area contributed by atoms with Crippen LogP contribution in [0.1, 0.15) is 35.4 Å². The normalized spacial score (nSPS) is 14.1. The first-order valence-electron chi connectivity index (χ1n) is 9.64. The zero-order valence-corrected chi connectivity index (χ0v) is 16.8. The van der Waals surface area contributed by atoms with Crippen LogP contribution in [-0.2, 0) is 0 Å². The highest BCUT2D eigenvalue weighted by Crippen LogP contribution is 2.33. The van der Waals surface area contributed by atoms with E-state index in [4.69, 9.17) is 13.9 Å². The minimum absolute atomic E-state index is 0.287. The lowest BCUT2D eigenvalue weighted by atomic mass is 10.1. The van der Waals surface area contributed by atoms with Crippen molar-refractivity contribution in [3.05, 3.63) is 35.9 Å². The molecule has 0 spiro atoms. The van der Waals surface area contributed by atoms with Crippen molar-refractivity contribution in [3.8, 4) is 11.5 Å². The van der Waals surface area contributed by atoms with Crippen molar-refractivity contribution in [2.45, 2.75) is 26.2 Å². The quantitative estimate of drug-likeness (QED) is 0.702. The molecule has 4 rings (SSSR count). The topological polar surface area (TPSA) is 89.7 Å². The first-order chi connectivity index (χ1) is 14.1. The van der Waals surface area contributed by atoms with Crippen molar-refractivity contribution in [1.82, 2.24) is 9.97 Å². The van der Waals surface area contributed by atoms with Gasteiger partial charge in [-0.15, -0.1) is 0 Å². The highest BCUT2D eigenvalue weighted by Gasteiger charge is 2.26. The van der Waals surface area contributed by atoms with Gasteiger partial charge in [-0.05, 0) is 26.2 Å². The average Bonchev–Trinajstić information content (AvgIpc) is 3.09. The summed E-state index contributed by atoms with van der Waals surface area (Å²) in [4.78, 5) is 24.1. The molecule has 3 aromatic rings. The summed E-state index contributed by atoms with van der Waals surface area (Å²) in [5.41, 5.74) is 1.44. The van der Waals surface area contributed by atoms with Crippen LogP contribution >= 0.6 is 0 Å². The molecule has 0 atom stereocenters. The molecule has 1 aliphatic rings. The predicted molar refractivity (Wildman–Crippen MR) is 110 cm³/mol. The predicted octanol–water partition coefficient (Wildman–Crippen LogP) is 3.79. The third-order valence-corrected chi connectivity index (χ3v) is 5.14. The Labute approximate surface area is 168 Å². The molecular weight excluding hydrogens is 372 g/mol. The van der Waals surface area contributed by atoms with Gasteiger partial charge in [0.2, 0.25) is 5.71 Å². The number of carbonyl (C=O) groups is 1. The summed E-state index contributed by atoms with van der Waals surface area (Å²) in [7, 11) is 3.13. The molecule has 1 amide bonds. The van der Waals surface area contributed by atoms with Gasteiger partial charge in [0.05, 0.1) is 25.2 Å². The maximum absolute atomic E-state index is 13.2. The number of benzene rings is 1. The number of aromatic nitrogens is 2. The van der Waals surface area contributed by atoms with Gasteiger partial charge in [-0.3, -0.25) is 4.79 Å². The third kappa shape index (κ3) is 3.70. The number of aryl methyl sites for hydroxylation is 1. The van der Waals surface area contributed by atoms with E-state index in [2.05, 4.69) is 20.2 Å². The number of hydrogen-bond acceptors (Lipinski definition) is 7. The molecule has 2 aromatic heterocycles. The van der Waals surface area contributed by atoms with Gasteiger partial charge in [-0.1, -0.05) is 0 Å². The van der Waals surface area contributed by atoms with Crippen molar-refractivity contribution in [2.75, 3.05) is 37.5 Å². The molecule has 0 saturated carbocycles. The molecule has 1 fully saturated rings. The van der Waals surface area contributed by atoms with E-state index in [0.29, 0.717) is 39.6 Å². The minimum Gasteiger partial charge on any atom is -0.497 e. The third-order valence-electron chi connectivity index (χ3n) is 5.14. The van der Waals surface area contributed by atoms with Crippen molar-refractivity contribution < 1.29 is 18.7 Å². The molecule has 0 aliphatic carbocycles. The van der Waals surface area contributed by atoms with E-state index in [1.807, 2.05) is 0 Å². The highest BCUT2D eigenvalue weighted by molar-refractivity contribution is 6.15. The number of fused-ring (bicyclic) bond motifs is 1. The molecule has 8 nitrogen and oxygen atoms in total. The molecule has 3 heterocycles. The van der Waals surface area contributed by atoms with Gasteiger partial charge >= 0.3 is 0 Å². The fourth-order valence-electron chi connectivity index (χ4n) is 3.72. The van der Waals surface area contributed by atoms with Crippen molar-refractivity contribution in [2.24, 2.45) is 0 Å². The van der Waals surface area contributed by atoms with Crippen LogP contribution in [0.25, 0.3) is 11.1 Å². The van der Waals surface area contributed by atoms with E-state index in [1.54, 1.807) is 39.3 Å². The molecule has 0 radical (unpaired) electrons. The van der Waals surface area contributed by atoms with Gasteiger partial charge in [0.15, 0.2) is 0 Å². The average molecular weight is 396 g/mol. The summed E-state index contributed by atoms with van der Waals surface area (Å²) in [6.45, 7) is 3.58. The lowest BCUT2D eigenvalue weighted by molar-refractivity contribution is 0.102. The number of amides is 1. The number of nitrogens with one attached hydrogen (secondary N) is 1. The summed E-state index contributed by atoms with van der Waals surface area (Å²) >= 11 is 0. The van der Waals surface area contributed by atoms with Crippen LogP contribution in [0.15, 0.2) is 28.9 Å². The second kappa shape index (κ2) is 7.98. The Morgan fingerprint density at radius 2 is 1.76 bits per heavy atom. The first kappa shape index (κ1) is 19.0. The van der Waals surface area contributed by atoms with Crippen LogP contribution in [0.4, 0.5) is 11.5 Å². The molecule has 0 bridgehead atoms. The second-order valence-corrected chi connectivity index (χ2v) is 7.01. The number of anilines is 2. The van der Waals surface area contributed by atoms with Gasteiger partial charge < -0.3 is 24.1 Å². The summed E-state index contributed by atoms with van der Waals surface area (Å²) in [6.07, 6.45) is 4.91. The SMILES string of the molecule is COc1cc(NC(=O)c2c(C)oc3ncnc(N4CCCCC4)c23)cc(OC)c1. The smallest absolute Gasteiger partial charge is 0.260 e. The van der Waals surface area contributed by atoms with Crippen LogP contribution in [0.3, 0.4) is 0 Å². The highest BCUT2D eigenvalue weighted by atomic mass is 16.5. The van der Waals surface area contributed by atoms with Gasteiger partial charge in [0.25, 0.3) is 5.91 Å². The number of carbonyl (C=O) groups excluding carboxylic acids is 1. The lowest BCUT2D eigenvalue weighted by Crippen LogP contribution is -2.30. The first-order valence-corrected chi connectivity index (χ1v) is 9.64. The molecule has 29 heavy (non-hydrogen) atoms. The Hall–Kier alpha value is -3.29.